The first-order chi connectivity index (χ1) is 0. The first-order valence-corrected chi connectivity index (χ1v) is 0. The van der Waals surface area contributed by atoms with E-state index in [1.807, 2.05) is 0 Å². The molecule has 28 valence electrons. The van der Waals surface area contributed by atoms with E-state index in [1.54, 1.807) is 0 Å². The normalized spacial score (nSPS) is 0. The maximum absolute atomic E-state index is 0. The molecule has 0 saturated carbocycles. The van der Waals surface area contributed by atoms with Crippen LogP contribution in [0.2, 0.25) is 0 Å². The van der Waals surface area contributed by atoms with Crippen LogP contribution in [0, 0.1) is 0 Å². The Morgan fingerprint density at radius 1 is 1.00 bits per heavy atom. The fraction of sp³-hybridized carbons (Fsp3) is 1.00. The van der Waals surface area contributed by atoms with Gasteiger partial charge in [-0.15, -0.1) is 0 Å². The zero-order valence-corrected chi connectivity index (χ0v) is 0.408. The van der Waals surface area contributed by atoms with Gasteiger partial charge in [-0.2, -0.15) is 0 Å². The third-order valence-corrected chi connectivity index (χ3v) is 0. The second-order valence-electron chi connectivity index (χ2n) is 0. The Hall–Kier alpha value is 1.41. The molecule has 0 amide bonds. The molecule has 0 atom stereocenters. The monoisotopic (exact) mass is 110 g/mol. The van der Waals surface area contributed by atoms with Gasteiger partial charge in [-0.3, -0.25) is 4.70 Å². The average Bonchev–Trinajstić information content (AvgIpc) is 0. The standard InChI is InChI=1S/CH4.Ca.FH.H4Si.2H/h1H4;;1H;1H4;;. The van der Waals surface area contributed by atoms with E-state index in [4.69, 9.17) is 0 Å². The van der Waals surface area contributed by atoms with Gasteiger partial charge in [0.2, 0.25) is 0 Å². The van der Waals surface area contributed by atoms with Crippen LogP contribution in [-0.4, -0.2) is 48.7 Å². The van der Waals surface area contributed by atoms with Crippen LogP contribution < -0.4 is 0 Å². The van der Waals surface area contributed by atoms with E-state index in [0.29, 0.717) is 0 Å². The van der Waals surface area contributed by atoms with Crippen LogP contribution in [0.25, 0.3) is 0 Å². The Balaban J connectivity index is 0. The van der Waals surface area contributed by atoms with Crippen molar-refractivity contribution < 1.29 is 4.70 Å². The van der Waals surface area contributed by atoms with Crippen molar-refractivity contribution in [1.29, 1.82) is 0 Å². The molecule has 3 heteroatoms. The van der Waals surface area contributed by atoms with Crippen LogP contribution in [0.1, 0.15) is 7.43 Å². The summed E-state index contributed by atoms with van der Waals surface area (Å²) in [5.41, 5.74) is 0. The zero-order chi connectivity index (χ0) is 0. The minimum atomic E-state index is 0. The molecule has 4 heavy (non-hydrogen) atoms. The molecule has 0 nitrogen and oxygen atoms in total. The number of hydrogen-bond donors (Lipinski definition) is 0. The van der Waals surface area contributed by atoms with E-state index in [1.165, 1.54) is 0 Å². The number of halogens is 1. The molecule has 0 N–H and O–H groups in total. The van der Waals surface area contributed by atoms with Crippen LogP contribution in [0.15, 0.2) is 0 Å². The van der Waals surface area contributed by atoms with Crippen molar-refractivity contribution in [1.82, 2.24) is 0 Å². The summed E-state index contributed by atoms with van der Waals surface area (Å²) in [4.78, 5) is 0. The summed E-state index contributed by atoms with van der Waals surface area (Å²) in [5.74, 6) is 0. The van der Waals surface area contributed by atoms with E-state index >= 15 is 0 Å². The van der Waals surface area contributed by atoms with Gasteiger partial charge in [-0.25, -0.2) is 0 Å². The minimum Gasteiger partial charge on any atom is -0.0149 e. The average molecular weight is 110 g/mol. The molecule has 0 heterocycles. The van der Waals surface area contributed by atoms with Gasteiger partial charge >= 0.3 is 37.7 Å². The molecule has 0 aromatic carbocycles. The fourth-order valence-corrected chi connectivity index (χ4v) is 0. The Kier molecular flexibility index (Phi) is 343. The van der Waals surface area contributed by atoms with Gasteiger partial charge in [0.25, 0.3) is 0 Å². The van der Waals surface area contributed by atoms with E-state index in [-0.39, 0.29) is 60.8 Å². The van der Waals surface area contributed by atoms with Gasteiger partial charge in [-0.05, 0) is 11.0 Å². The molecule has 0 bridgehead atoms. The maximum Gasteiger partial charge on any atom is -0.0149 e. The van der Waals surface area contributed by atoms with E-state index < -0.39 is 0 Å². The molecule has 0 fully saturated rings. The van der Waals surface area contributed by atoms with Gasteiger partial charge < -0.3 is 0 Å². The third kappa shape index (κ3) is 9.97. The van der Waals surface area contributed by atoms with Crippen molar-refractivity contribution in [2.24, 2.45) is 0 Å². The summed E-state index contributed by atoms with van der Waals surface area (Å²) in [5, 5.41) is 0. The summed E-state index contributed by atoms with van der Waals surface area (Å²) in [7, 11) is 0. The van der Waals surface area contributed by atoms with Crippen molar-refractivity contribution in [2.45, 2.75) is 7.43 Å². The Morgan fingerprint density at radius 2 is 1.00 bits per heavy atom. The first kappa shape index (κ1) is 53.1. The van der Waals surface area contributed by atoms with Crippen LogP contribution >= 0.6 is 0 Å². The SMILES string of the molecule is C.F.[CaH2].[SiH4]. The molecule has 0 saturated heterocycles. The van der Waals surface area contributed by atoms with Crippen LogP contribution in [-0.2, 0) is 0 Å². The quantitative estimate of drug-likeness (QED) is 0.330. The minimum absolute atomic E-state index is 0. The number of hydrogen-bond acceptors (Lipinski definition) is 0. The predicted octanol–water partition coefficient (Wildman–Crippen LogP) is -1.58. The van der Waals surface area contributed by atoms with E-state index in [0.717, 1.165) is 0 Å². The van der Waals surface area contributed by atoms with Gasteiger partial charge in [0.15, 0.2) is 0 Å². The summed E-state index contributed by atoms with van der Waals surface area (Å²) < 4.78 is 0. The second kappa shape index (κ2) is 25.8. The summed E-state index contributed by atoms with van der Waals surface area (Å²) in [6.45, 7) is 0. The third-order valence-electron chi connectivity index (χ3n) is 0. The van der Waals surface area contributed by atoms with Crippen LogP contribution in [0.3, 0.4) is 0 Å². The molecule has 0 aliphatic carbocycles. The number of rotatable bonds is 0. The molecule has 0 aromatic heterocycles. The molecular formula is CH11CaFSi. The zero-order valence-electron chi connectivity index (χ0n) is 0.408. The van der Waals surface area contributed by atoms with E-state index in [9.17, 15) is 0 Å². The van der Waals surface area contributed by atoms with Crippen molar-refractivity contribution in [2.75, 3.05) is 0 Å². The van der Waals surface area contributed by atoms with Gasteiger partial charge in [0.05, 0.1) is 0 Å². The molecule has 0 rings (SSSR count). The fourth-order valence-electron chi connectivity index (χ4n) is 0. The van der Waals surface area contributed by atoms with Crippen molar-refractivity contribution >= 4 is 48.7 Å². The Bertz CT molecular complexity index is 8.00. The topological polar surface area (TPSA) is 0 Å². The molecular weight excluding hydrogens is 99.2 g/mol. The smallest absolute Gasteiger partial charge is 0.0149 e. The van der Waals surface area contributed by atoms with Crippen molar-refractivity contribution in [3.63, 3.8) is 0 Å². The van der Waals surface area contributed by atoms with Crippen LogP contribution in [0.5, 0.6) is 0 Å². The largest absolute Gasteiger partial charge is 0.0149 e. The molecule has 0 aromatic rings. The van der Waals surface area contributed by atoms with Gasteiger partial charge in [0.1, 0.15) is 0 Å². The summed E-state index contributed by atoms with van der Waals surface area (Å²) in [6.07, 6.45) is 0. The summed E-state index contributed by atoms with van der Waals surface area (Å²) in [6, 6.07) is 0. The Morgan fingerprint density at radius 3 is 1.00 bits per heavy atom. The Labute approximate surface area is 60.4 Å². The van der Waals surface area contributed by atoms with Crippen molar-refractivity contribution in [3.8, 4) is 0 Å². The molecule has 0 aliphatic rings. The first-order valence-electron chi connectivity index (χ1n) is 0. The van der Waals surface area contributed by atoms with E-state index in [2.05, 4.69) is 0 Å². The predicted molar refractivity (Wildman–Crippen MR) is 29.1 cm³/mol. The molecule has 0 spiro atoms. The molecule has 0 aliphatic heterocycles. The van der Waals surface area contributed by atoms with Gasteiger partial charge in [-0.1, -0.05) is 7.43 Å². The molecule has 0 unspecified atom stereocenters. The second-order valence-corrected chi connectivity index (χ2v) is 0. The van der Waals surface area contributed by atoms with Crippen LogP contribution in [0.4, 0.5) is 4.70 Å². The maximum atomic E-state index is 0. The van der Waals surface area contributed by atoms with Gasteiger partial charge in [0, 0.05) is 0 Å². The summed E-state index contributed by atoms with van der Waals surface area (Å²) >= 11 is 0. The van der Waals surface area contributed by atoms with Crippen molar-refractivity contribution in [3.05, 3.63) is 0 Å². The molecule has 0 radical (unpaired) electrons.